The molecule has 2 atom stereocenters. The van der Waals surface area contributed by atoms with Crippen LogP contribution in [0.5, 0.6) is 0 Å². The van der Waals surface area contributed by atoms with Gasteiger partial charge in [0.15, 0.2) is 0 Å². The fourth-order valence-electron chi connectivity index (χ4n) is 1.89. The second-order valence-electron chi connectivity index (χ2n) is 3.93. The van der Waals surface area contributed by atoms with Gasteiger partial charge in [-0.1, -0.05) is 19.1 Å². The molecule has 0 aromatic carbocycles. The SMILES string of the molecule is C=CCOC(=O)N[C@@H]1CCC[C@H](C(=O)O)C1. The number of amides is 1. The predicted molar refractivity (Wildman–Crippen MR) is 58.1 cm³/mol. The Labute approximate surface area is 94.5 Å². The molecule has 0 aromatic heterocycles. The molecule has 0 saturated heterocycles. The number of aliphatic carboxylic acids is 1. The lowest BCUT2D eigenvalue weighted by Crippen LogP contribution is -2.40. The van der Waals surface area contributed by atoms with Gasteiger partial charge in [0.2, 0.25) is 0 Å². The van der Waals surface area contributed by atoms with E-state index in [0.29, 0.717) is 12.8 Å². The molecule has 90 valence electrons. The van der Waals surface area contributed by atoms with Crippen molar-refractivity contribution in [1.29, 1.82) is 0 Å². The van der Waals surface area contributed by atoms with Gasteiger partial charge in [0.1, 0.15) is 6.61 Å². The van der Waals surface area contributed by atoms with E-state index >= 15 is 0 Å². The molecule has 0 unspecified atom stereocenters. The summed E-state index contributed by atoms with van der Waals surface area (Å²) in [5.74, 6) is -1.13. The average Bonchev–Trinajstić information content (AvgIpc) is 2.26. The molecule has 0 bridgehead atoms. The lowest BCUT2D eigenvalue weighted by Gasteiger charge is -2.26. The first-order chi connectivity index (χ1) is 7.63. The first kappa shape index (κ1) is 12.5. The van der Waals surface area contributed by atoms with E-state index < -0.39 is 12.1 Å². The number of rotatable bonds is 4. The zero-order chi connectivity index (χ0) is 12.0. The lowest BCUT2D eigenvalue weighted by molar-refractivity contribution is -0.143. The molecule has 0 spiro atoms. The van der Waals surface area contributed by atoms with E-state index in [2.05, 4.69) is 11.9 Å². The number of hydrogen-bond donors (Lipinski definition) is 2. The monoisotopic (exact) mass is 227 g/mol. The van der Waals surface area contributed by atoms with Crippen molar-refractivity contribution >= 4 is 12.1 Å². The highest BCUT2D eigenvalue weighted by atomic mass is 16.5. The minimum absolute atomic E-state index is 0.0906. The third-order valence-electron chi connectivity index (χ3n) is 2.68. The molecule has 2 N–H and O–H groups in total. The first-order valence-electron chi connectivity index (χ1n) is 5.40. The Hall–Kier alpha value is -1.52. The Balaban J connectivity index is 2.33. The summed E-state index contributed by atoms with van der Waals surface area (Å²) >= 11 is 0. The van der Waals surface area contributed by atoms with Crippen molar-refractivity contribution in [3.05, 3.63) is 12.7 Å². The highest BCUT2D eigenvalue weighted by Crippen LogP contribution is 2.24. The van der Waals surface area contributed by atoms with Crippen LogP contribution < -0.4 is 5.32 Å². The molecule has 1 amide bonds. The maximum atomic E-state index is 11.2. The van der Waals surface area contributed by atoms with Crippen LogP contribution in [0.1, 0.15) is 25.7 Å². The van der Waals surface area contributed by atoms with Crippen LogP contribution in [0.3, 0.4) is 0 Å². The minimum atomic E-state index is -0.786. The topological polar surface area (TPSA) is 75.6 Å². The van der Waals surface area contributed by atoms with Crippen LogP contribution in [-0.4, -0.2) is 29.8 Å². The molecule has 0 radical (unpaired) electrons. The van der Waals surface area contributed by atoms with Crippen LogP contribution >= 0.6 is 0 Å². The van der Waals surface area contributed by atoms with Crippen LogP contribution in [0, 0.1) is 5.92 Å². The molecule has 0 aliphatic heterocycles. The van der Waals surface area contributed by atoms with Crippen molar-refractivity contribution in [2.45, 2.75) is 31.7 Å². The molecule has 0 aromatic rings. The maximum absolute atomic E-state index is 11.2. The van der Waals surface area contributed by atoms with Gasteiger partial charge in [-0.15, -0.1) is 0 Å². The number of alkyl carbamates (subject to hydrolysis) is 1. The van der Waals surface area contributed by atoms with E-state index in [9.17, 15) is 9.59 Å². The highest BCUT2D eigenvalue weighted by molar-refractivity contribution is 5.71. The maximum Gasteiger partial charge on any atom is 0.407 e. The van der Waals surface area contributed by atoms with Crippen molar-refractivity contribution in [3.63, 3.8) is 0 Å². The summed E-state index contributed by atoms with van der Waals surface area (Å²) < 4.78 is 4.77. The Morgan fingerprint density at radius 2 is 2.25 bits per heavy atom. The molecule has 16 heavy (non-hydrogen) atoms. The van der Waals surface area contributed by atoms with Crippen molar-refractivity contribution in [3.8, 4) is 0 Å². The average molecular weight is 227 g/mol. The summed E-state index contributed by atoms with van der Waals surface area (Å²) in [6, 6.07) is -0.0906. The molecular formula is C11H17NO4. The number of nitrogens with one attached hydrogen (secondary N) is 1. The van der Waals surface area contributed by atoms with Crippen LogP contribution in [-0.2, 0) is 9.53 Å². The molecule has 0 heterocycles. The first-order valence-corrected chi connectivity index (χ1v) is 5.40. The second-order valence-corrected chi connectivity index (χ2v) is 3.93. The van der Waals surface area contributed by atoms with Gasteiger partial charge in [-0.2, -0.15) is 0 Å². The van der Waals surface area contributed by atoms with Crippen molar-refractivity contribution in [2.75, 3.05) is 6.61 Å². The number of hydrogen-bond acceptors (Lipinski definition) is 3. The Morgan fingerprint density at radius 3 is 2.88 bits per heavy atom. The van der Waals surface area contributed by atoms with E-state index in [4.69, 9.17) is 9.84 Å². The smallest absolute Gasteiger partial charge is 0.407 e. The third-order valence-corrected chi connectivity index (χ3v) is 2.68. The summed E-state index contributed by atoms with van der Waals surface area (Å²) in [5, 5.41) is 11.5. The summed E-state index contributed by atoms with van der Waals surface area (Å²) in [7, 11) is 0. The fourth-order valence-corrected chi connectivity index (χ4v) is 1.89. The van der Waals surface area contributed by atoms with Gasteiger partial charge in [0, 0.05) is 6.04 Å². The molecule has 1 rings (SSSR count). The minimum Gasteiger partial charge on any atom is -0.481 e. The van der Waals surface area contributed by atoms with Crippen molar-refractivity contribution in [2.24, 2.45) is 5.92 Å². The Kier molecular flexibility index (Phi) is 4.82. The Morgan fingerprint density at radius 1 is 1.50 bits per heavy atom. The predicted octanol–water partition coefficient (Wildman–Crippen LogP) is 1.54. The normalized spacial score (nSPS) is 24.5. The van der Waals surface area contributed by atoms with Gasteiger partial charge in [-0.05, 0) is 19.3 Å². The van der Waals surface area contributed by atoms with Gasteiger partial charge in [-0.3, -0.25) is 4.79 Å². The summed E-state index contributed by atoms with van der Waals surface area (Å²) in [6.45, 7) is 3.60. The zero-order valence-corrected chi connectivity index (χ0v) is 9.15. The van der Waals surface area contributed by atoms with Crippen LogP contribution in [0.15, 0.2) is 12.7 Å². The van der Waals surface area contributed by atoms with E-state index in [-0.39, 0.29) is 18.6 Å². The molecule has 5 heteroatoms. The molecule has 5 nitrogen and oxygen atoms in total. The van der Waals surface area contributed by atoms with Gasteiger partial charge in [0.05, 0.1) is 5.92 Å². The number of ether oxygens (including phenoxy) is 1. The highest BCUT2D eigenvalue weighted by Gasteiger charge is 2.27. The van der Waals surface area contributed by atoms with Crippen LogP contribution in [0.4, 0.5) is 4.79 Å². The summed E-state index contributed by atoms with van der Waals surface area (Å²) in [5.41, 5.74) is 0. The number of carbonyl (C=O) groups is 2. The summed E-state index contributed by atoms with van der Waals surface area (Å²) in [6.07, 6.45) is 3.79. The molecule has 1 aliphatic carbocycles. The number of carboxylic acid groups (broad SMARTS) is 1. The molecule has 1 aliphatic rings. The van der Waals surface area contributed by atoms with Crippen LogP contribution in [0.25, 0.3) is 0 Å². The van der Waals surface area contributed by atoms with E-state index in [1.807, 2.05) is 0 Å². The fraction of sp³-hybridized carbons (Fsp3) is 0.636. The van der Waals surface area contributed by atoms with Crippen molar-refractivity contribution in [1.82, 2.24) is 5.32 Å². The van der Waals surface area contributed by atoms with Gasteiger partial charge in [0.25, 0.3) is 0 Å². The quantitative estimate of drug-likeness (QED) is 0.714. The largest absolute Gasteiger partial charge is 0.481 e. The summed E-state index contributed by atoms with van der Waals surface area (Å²) in [4.78, 5) is 22.0. The third kappa shape index (κ3) is 3.92. The van der Waals surface area contributed by atoms with E-state index in [1.54, 1.807) is 0 Å². The molecule has 1 saturated carbocycles. The van der Waals surface area contributed by atoms with Gasteiger partial charge in [-0.25, -0.2) is 4.79 Å². The molecular weight excluding hydrogens is 210 g/mol. The Bertz CT molecular complexity index is 277. The zero-order valence-electron chi connectivity index (χ0n) is 9.15. The van der Waals surface area contributed by atoms with Gasteiger partial charge >= 0.3 is 12.1 Å². The standard InChI is InChI=1S/C11H17NO4/c1-2-6-16-11(15)12-9-5-3-4-8(7-9)10(13)14/h2,8-9H,1,3-7H2,(H,12,15)(H,13,14)/t8-,9+/m0/s1. The van der Waals surface area contributed by atoms with Gasteiger partial charge < -0.3 is 15.2 Å². The lowest BCUT2D eigenvalue weighted by atomic mass is 9.86. The number of carboxylic acids is 1. The van der Waals surface area contributed by atoms with E-state index in [0.717, 1.165) is 12.8 Å². The number of carbonyl (C=O) groups excluding carboxylic acids is 1. The van der Waals surface area contributed by atoms with Crippen LogP contribution in [0.2, 0.25) is 0 Å². The molecule has 1 fully saturated rings. The van der Waals surface area contributed by atoms with E-state index in [1.165, 1.54) is 6.08 Å². The second kappa shape index (κ2) is 6.15. The van der Waals surface area contributed by atoms with Crippen molar-refractivity contribution < 1.29 is 19.4 Å².